The largest absolute Gasteiger partial charge is 0.444 e. The van der Waals surface area contributed by atoms with Gasteiger partial charge in [0.25, 0.3) is 0 Å². The Morgan fingerprint density at radius 2 is 2.26 bits per heavy atom. The summed E-state index contributed by atoms with van der Waals surface area (Å²) in [5, 5.41) is 6.17. The Balaban J connectivity index is 1.66. The summed E-state index contributed by atoms with van der Waals surface area (Å²) in [5.41, 5.74) is 0.487. The van der Waals surface area contributed by atoms with E-state index in [0.717, 1.165) is 12.1 Å². The van der Waals surface area contributed by atoms with Crippen LogP contribution >= 0.6 is 0 Å². The molecule has 1 aromatic heterocycles. The second-order valence-corrected chi connectivity index (χ2v) is 5.68. The molecule has 1 saturated carbocycles. The number of hydrogen-bond acceptors (Lipinski definition) is 5. The predicted molar refractivity (Wildman–Crippen MR) is 70.4 cm³/mol. The number of carbonyl (C=O) groups is 1. The summed E-state index contributed by atoms with van der Waals surface area (Å²) in [7, 11) is 0. The number of alkyl carbamates (subject to hydrolysis) is 1. The lowest BCUT2D eigenvalue weighted by atomic mass is 10.2. The summed E-state index contributed by atoms with van der Waals surface area (Å²) in [6.07, 6.45) is 3.81. The minimum absolute atomic E-state index is 0.150. The molecule has 2 atom stereocenters. The molecule has 0 spiro atoms. The summed E-state index contributed by atoms with van der Waals surface area (Å²) in [6.45, 7) is 6.23. The minimum atomic E-state index is -0.455. The van der Waals surface area contributed by atoms with Crippen molar-refractivity contribution in [3.05, 3.63) is 24.3 Å². The zero-order valence-corrected chi connectivity index (χ0v) is 11.5. The number of rotatable bonds is 4. The van der Waals surface area contributed by atoms with Crippen molar-refractivity contribution in [3.8, 4) is 0 Å². The molecule has 2 rings (SSSR count). The van der Waals surface area contributed by atoms with Gasteiger partial charge < -0.3 is 15.4 Å². The van der Waals surface area contributed by atoms with E-state index in [4.69, 9.17) is 4.74 Å². The molecule has 1 aliphatic carbocycles. The fourth-order valence-electron chi connectivity index (χ4n) is 1.70. The second kappa shape index (κ2) is 5.52. The smallest absolute Gasteiger partial charge is 0.407 e. The van der Waals surface area contributed by atoms with Crippen molar-refractivity contribution < 1.29 is 9.53 Å². The van der Waals surface area contributed by atoms with E-state index in [9.17, 15) is 4.79 Å². The van der Waals surface area contributed by atoms with Crippen molar-refractivity contribution in [3.63, 3.8) is 0 Å². The van der Waals surface area contributed by atoms with Crippen LogP contribution in [0.3, 0.4) is 0 Å². The first-order valence-corrected chi connectivity index (χ1v) is 6.42. The number of hydrogen-bond donors (Lipinski definition) is 2. The maximum absolute atomic E-state index is 11.5. The standard InChI is InChI=1S/C13H20N4O2/c1-13(2,3)19-12(18)17-11-6-10(11)15-7-9-4-5-14-8-16-9/h4-5,8,10-11,15H,6-7H2,1-3H3,(H,17,18). The third-order valence-corrected chi connectivity index (χ3v) is 2.68. The van der Waals surface area contributed by atoms with E-state index >= 15 is 0 Å². The molecule has 1 aromatic rings. The van der Waals surface area contributed by atoms with Gasteiger partial charge in [0.1, 0.15) is 11.9 Å². The highest BCUT2D eigenvalue weighted by atomic mass is 16.6. The Bertz CT molecular complexity index is 430. The highest BCUT2D eigenvalue weighted by Gasteiger charge is 2.38. The van der Waals surface area contributed by atoms with E-state index in [1.165, 1.54) is 6.33 Å². The Labute approximate surface area is 113 Å². The van der Waals surface area contributed by atoms with E-state index < -0.39 is 5.60 Å². The maximum atomic E-state index is 11.5. The maximum Gasteiger partial charge on any atom is 0.407 e. The van der Waals surface area contributed by atoms with Crippen LogP contribution in [0, 0.1) is 0 Å². The highest BCUT2D eigenvalue weighted by Crippen LogP contribution is 2.22. The van der Waals surface area contributed by atoms with E-state index in [1.54, 1.807) is 6.20 Å². The zero-order chi connectivity index (χ0) is 13.9. The Morgan fingerprint density at radius 3 is 2.89 bits per heavy atom. The fraction of sp³-hybridized carbons (Fsp3) is 0.615. The second-order valence-electron chi connectivity index (χ2n) is 5.68. The van der Waals surface area contributed by atoms with Gasteiger partial charge in [-0.3, -0.25) is 0 Å². The van der Waals surface area contributed by atoms with Gasteiger partial charge in [-0.15, -0.1) is 0 Å². The minimum Gasteiger partial charge on any atom is -0.444 e. The summed E-state index contributed by atoms with van der Waals surface area (Å²) in [6, 6.07) is 2.31. The van der Waals surface area contributed by atoms with Gasteiger partial charge >= 0.3 is 6.09 Å². The highest BCUT2D eigenvalue weighted by molar-refractivity contribution is 5.68. The molecule has 0 aliphatic heterocycles. The predicted octanol–water partition coefficient (Wildman–Crippen LogP) is 1.23. The number of amides is 1. The molecule has 0 saturated heterocycles. The normalized spacial score (nSPS) is 21.8. The van der Waals surface area contributed by atoms with Crippen LogP contribution in [-0.4, -0.2) is 33.7 Å². The number of nitrogens with one attached hydrogen (secondary N) is 2. The molecule has 6 heteroatoms. The van der Waals surface area contributed by atoms with Crippen molar-refractivity contribution in [2.45, 2.75) is 51.4 Å². The molecule has 19 heavy (non-hydrogen) atoms. The zero-order valence-electron chi connectivity index (χ0n) is 11.5. The molecular weight excluding hydrogens is 244 g/mol. The first kappa shape index (κ1) is 13.7. The molecule has 1 aliphatic rings. The third kappa shape index (κ3) is 4.82. The lowest BCUT2D eigenvalue weighted by Gasteiger charge is -2.19. The van der Waals surface area contributed by atoms with Crippen LogP contribution in [0.25, 0.3) is 0 Å². The lowest BCUT2D eigenvalue weighted by Crippen LogP contribution is -2.36. The average Bonchev–Trinajstić information content (AvgIpc) is 3.03. The molecule has 2 N–H and O–H groups in total. The molecule has 0 radical (unpaired) electrons. The van der Waals surface area contributed by atoms with Gasteiger partial charge in [-0.1, -0.05) is 0 Å². The monoisotopic (exact) mass is 264 g/mol. The van der Waals surface area contributed by atoms with Crippen LogP contribution in [0.1, 0.15) is 32.9 Å². The molecular formula is C13H20N4O2. The van der Waals surface area contributed by atoms with Crippen LogP contribution in [0.15, 0.2) is 18.6 Å². The van der Waals surface area contributed by atoms with Crippen molar-refractivity contribution in [2.24, 2.45) is 0 Å². The molecule has 0 bridgehead atoms. The van der Waals surface area contributed by atoms with Gasteiger partial charge in [-0.2, -0.15) is 0 Å². The molecule has 0 aromatic carbocycles. The van der Waals surface area contributed by atoms with Crippen molar-refractivity contribution in [1.29, 1.82) is 0 Å². The SMILES string of the molecule is CC(C)(C)OC(=O)NC1CC1NCc1ccncn1. The summed E-state index contributed by atoms with van der Waals surface area (Å²) in [4.78, 5) is 19.5. The fourth-order valence-corrected chi connectivity index (χ4v) is 1.70. The number of nitrogens with zero attached hydrogens (tertiary/aromatic N) is 2. The summed E-state index contributed by atoms with van der Waals surface area (Å²) in [5.74, 6) is 0. The van der Waals surface area contributed by atoms with E-state index in [0.29, 0.717) is 12.6 Å². The first-order chi connectivity index (χ1) is 8.94. The van der Waals surface area contributed by atoms with Crippen LogP contribution < -0.4 is 10.6 Å². The number of carbonyl (C=O) groups excluding carboxylic acids is 1. The van der Waals surface area contributed by atoms with E-state index in [2.05, 4.69) is 20.6 Å². The molecule has 1 amide bonds. The summed E-state index contributed by atoms with van der Waals surface area (Å²) >= 11 is 0. The van der Waals surface area contributed by atoms with Gasteiger partial charge in [0.2, 0.25) is 0 Å². The van der Waals surface area contributed by atoms with Crippen molar-refractivity contribution in [1.82, 2.24) is 20.6 Å². The third-order valence-electron chi connectivity index (χ3n) is 2.68. The van der Waals surface area contributed by atoms with Gasteiger partial charge in [0, 0.05) is 24.8 Å². The van der Waals surface area contributed by atoms with Crippen LogP contribution in [-0.2, 0) is 11.3 Å². The van der Waals surface area contributed by atoms with Crippen molar-refractivity contribution in [2.75, 3.05) is 0 Å². The quantitative estimate of drug-likeness (QED) is 0.855. The van der Waals surface area contributed by atoms with Gasteiger partial charge in [-0.25, -0.2) is 14.8 Å². The van der Waals surface area contributed by atoms with E-state index in [-0.39, 0.29) is 12.1 Å². The van der Waals surface area contributed by atoms with Gasteiger partial charge in [-0.05, 0) is 33.3 Å². The Hall–Kier alpha value is -1.69. The Kier molecular flexibility index (Phi) is 3.99. The number of ether oxygens (including phenoxy) is 1. The average molecular weight is 264 g/mol. The van der Waals surface area contributed by atoms with E-state index in [1.807, 2.05) is 26.8 Å². The van der Waals surface area contributed by atoms with Crippen LogP contribution in [0.4, 0.5) is 4.79 Å². The van der Waals surface area contributed by atoms with Crippen molar-refractivity contribution >= 4 is 6.09 Å². The molecule has 104 valence electrons. The summed E-state index contributed by atoms with van der Waals surface area (Å²) < 4.78 is 5.20. The topological polar surface area (TPSA) is 76.1 Å². The van der Waals surface area contributed by atoms with Crippen LogP contribution in [0.5, 0.6) is 0 Å². The number of aromatic nitrogens is 2. The lowest BCUT2D eigenvalue weighted by molar-refractivity contribution is 0.0522. The van der Waals surface area contributed by atoms with Gasteiger partial charge in [0.15, 0.2) is 0 Å². The van der Waals surface area contributed by atoms with Gasteiger partial charge in [0.05, 0.1) is 5.69 Å². The Morgan fingerprint density at radius 1 is 1.47 bits per heavy atom. The molecule has 1 heterocycles. The molecule has 1 fully saturated rings. The molecule has 6 nitrogen and oxygen atoms in total. The first-order valence-electron chi connectivity index (χ1n) is 6.42. The molecule has 2 unspecified atom stereocenters. The van der Waals surface area contributed by atoms with Crippen LogP contribution in [0.2, 0.25) is 0 Å².